The second-order valence-corrected chi connectivity index (χ2v) is 9.17. The first-order chi connectivity index (χ1) is 17.1. The van der Waals surface area contributed by atoms with E-state index in [9.17, 15) is 9.59 Å². The lowest BCUT2D eigenvalue weighted by Crippen LogP contribution is -2.17. The minimum atomic E-state index is -0.761. The normalized spacial score (nSPS) is 12.2. The predicted molar refractivity (Wildman–Crippen MR) is 138 cm³/mol. The number of hydrogen-bond donors (Lipinski definition) is 1. The molecule has 0 bridgehead atoms. The molecular formula is C27H23ClN4O4. The monoisotopic (exact) mass is 502 g/mol. The molecule has 9 heteroatoms. The van der Waals surface area contributed by atoms with Crippen LogP contribution >= 0.6 is 11.6 Å². The minimum Gasteiger partial charge on any atom is -0.483 e. The number of aromatic nitrogens is 3. The molecule has 1 aromatic carbocycles. The number of hydrogen-bond acceptors (Lipinski definition) is 6. The second kappa shape index (κ2) is 8.80. The van der Waals surface area contributed by atoms with Gasteiger partial charge in [-0.05, 0) is 69.7 Å². The van der Waals surface area contributed by atoms with Crippen molar-refractivity contribution < 1.29 is 13.9 Å². The number of halogens is 1. The average molecular weight is 503 g/mol. The molecule has 0 aliphatic rings. The molecule has 182 valence electrons. The molecule has 0 aliphatic heterocycles. The van der Waals surface area contributed by atoms with Crippen LogP contribution in [0.5, 0.6) is 5.75 Å². The number of fused-ring (bicyclic) bond motifs is 2. The van der Waals surface area contributed by atoms with Crippen LogP contribution in [0, 0.1) is 20.8 Å². The van der Waals surface area contributed by atoms with E-state index in [1.54, 1.807) is 19.9 Å². The van der Waals surface area contributed by atoms with Gasteiger partial charge in [0.15, 0.2) is 16.9 Å². The number of nitrogens with two attached hydrogens (primary N) is 1. The lowest BCUT2D eigenvalue weighted by molar-refractivity contribution is 0.0988. The number of pyridine rings is 2. The fourth-order valence-electron chi connectivity index (χ4n) is 4.35. The van der Waals surface area contributed by atoms with Crippen LogP contribution in [-0.2, 0) is 0 Å². The van der Waals surface area contributed by atoms with Gasteiger partial charge in [-0.25, -0.2) is 9.97 Å². The maximum absolute atomic E-state index is 13.5. The number of ether oxygens (including phenoxy) is 1. The summed E-state index contributed by atoms with van der Waals surface area (Å²) in [5.74, 6) is -0.114. The Hall–Kier alpha value is -4.17. The van der Waals surface area contributed by atoms with Crippen molar-refractivity contribution in [2.45, 2.75) is 33.8 Å². The molecule has 0 radical (unpaired) electrons. The SMILES string of the molecule is Cc1cc([C@@H](C)Oc2ccc(Cl)nc2C(N)=O)c2oc(-c3ccc4nc(C)cn4c3)c(C)c(=O)c2c1. The van der Waals surface area contributed by atoms with Gasteiger partial charge in [-0.2, -0.15) is 0 Å². The molecule has 5 rings (SSSR count). The van der Waals surface area contributed by atoms with Gasteiger partial charge in [0.1, 0.15) is 28.2 Å². The molecule has 1 atom stereocenters. The fourth-order valence-corrected chi connectivity index (χ4v) is 4.49. The lowest BCUT2D eigenvalue weighted by atomic mass is 10.00. The average Bonchev–Trinajstić information content (AvgIpc) is 3.21. The van der Waals surface area contributed by atoms with Gasteiger partial charge in [-0.3, -0.25) is 9.59 Å². The number of primary amides is 1. The van der Waals surface area contributed by atoms with Crippen molar-refractivity contribution in [1.82, 2.24) is 14.4 Å². The number of imidazole rings is 1. The van der Waals surface area contributed by atoms with Gasteiger partial charge in [0.05, 0.1) is 11.1 Å². The minimum absolute atomic E-state index is 0.0757. The predicted octanol–water partition coefficient (Wildman–Crippen LogP) is 5.32. The van der Waals surface area contributed by atoms with Crippen molar-refractivity contribution in [3.63, 3.8) is 0 Å². The summed E-state index contributed by atoms with van der Waals surface area (Å²) in [6.07, 6.45) is 3.19. The van der Waals surface area contributed by atoms with E-state index in [4.69, 9.17) is 26.5 Å². The number of nitrogens with zero attached hydrogens (tertiary/aromatic N) is 3. The van der Waals surface area contributed by atoms with Crippen LogP contribution < -0.4 is 15.9 Å². The van der Waals surface area contributed by atoms with E-state index in [1.165, 1.54) is 12.1 Å². The van der Waals surface area contributed by atoms with E-state index in [-0.39, 0.29) is 22.0 Å². The first kappa shape index (κ1) is 23.6. The van der Waals surface area contributed by atoms with E-state index < -0.39 is 12.0 Å². The zero-order chi connectivity index (χ0) is 25.7. The molecule has 4 aromatic heterocycles. The zero-order valence-electron chi connectivity index (χ0n) is 20.1. The van der Waals surface area contributed by atoms with Crippen LogP contribution in [0.25, 0.3) is 27.9 Å². The highest BCUT2D eigenvalue weighted by molar-refractivity contribution is 6.29. The number of rotatable bonds is 5. The van der Waals surface area contributed by atoms with Crippen LogP contribution in [0.2, 0.25) is 5.15 Å². The Kier molecular flexibility index (Phi) is 5.76. The third-order valence-electron chi connectivity index (χ3n) is 6.02. The van der Waals surface area contributed by atoms with Gasteiger partial charge in [0.25, 0.3) is 5.91 Å². The number of aryl methyl sites for hydroxylation is 2. The van der Waals surface area contributed by atoms with Gasteiger partial charge in [-0.15, -0.1) is 0 Å². The summed E-state index contributed by atoms with van der Waals surface area (Å²) < 4.78 is 14.4. The molecule has 0 fully saturated rings. The fraction of sp³-hybridized carbons (Fsp3) is 0.185. The molecule has 0 aliphatic carbocycles. The summed E-state index contributed by atoms with van der Waals surface area (Å²) >= 11 is 5.93. The maximum Gasteiger partial charge on any atom is 0.271 e. The molecule has 5 aromatic rings. The molecule has 2 N–H and O–H groups in total. The topological polar surface area (TPSA) is 113 Å². The third-order valence-corrected chi connectivity index (χ3v) is 6.24. The molecule has 0 unspecified atom stereocenters. The van der Waals surface area contributed by atoms with Gasteiger partial charge in [-0.1, -0.05) is 11.6 Å². The van der Waals surface area contributed by atoms with Crippen molar-refractivity contribution in [1.29, 1.82) is 0 Å². The number of amides is 1. The van der Waals surface area contributed by atoms with Crippen LogP contribution in [0.15, 0.2) is 58.0 Å². The Balaban J connectivity index is 1.67. The van der Waals surface area contributed by atoms with E-state index in [0.29, 0.717) is 27.9 Å². The summed E-state index contributed by atoms with van der Waals surface area (Å²) in [5, 5.41) is 0.576. The number of carbonyl (C=O) groups excluding carboxylic acids is 1. The van der Waals surface area contributed by atoms with Crippen molar-refractivity contribution in [3.8, 4) is 17.1 Å². The Labute approximate surface area is 211 Å². The second-order valence-electron chi connectivity index (χ2n) is 8.79. The standard InChI is InChI=1S/C27H23ClN4O4/c1-13-9-18(16(4)35-20-6-7-21(28)31-23(20)27(29)34)26-19(10-13)24(33)15(3)25(36-26)17-5-8-22-30-14(2)11-32(22)12-17/h5-12,16H,1-4H3,(H2,29,34)/t16-/m1/s1. The Bertz CT molecular complexity index is 1740. The Morgan fingerprint density at radius 3 is 2.64 bits per heavy atom. The molecule has 0 spiro atoms. The van der Waals surface area contributed by atoms with E-state index in [0.717, 1.165) is 22.5 Å². The van der Waals surface area contributed by atoms with Gasteiger partial charge >= 0.3 is 0 Å². The van der Waals surface area contributed by atoms with Crippen molar-refractivity contribution in [2.24, 2.45) is 5.73 Å². The van der Waals surface area contributed by atoms with Crippen LogP contribution in [0.4, 0.5) is 0 Å². The van der Waals surface area contributed by atoms with E-state index in [2.05, 4.69) is 9.97 Å². The quantitative estimate of drug-likeness (QED) is 0.325. The highest BCUT2D eigenvalue weighted by atomic mass is 35.5. The maximum atomic E-state index is 13.5. The summed E-state index contributed by atoms with van der Waals surface area (Å²) in [6.45, 7) is 7.37. The lowest BCUT2D eigenvalue weighted by Gasteiger charge is -2.19. The highest BCUT2D eigenvalue weighted by Gasteiger charge is 2.22. The van der Waals surface area contributed by atoms with Crippen LogP contribution in [0.1, 0.15) is 45.9 Å². The van der Waals surface area contributed by atoms with Crippen molar-refractivity contribution in [3.05, 3.63) is 92.2 Å². The summed E-state index contributed by atoms with van der Waals surface area (Å²) in [6, 6.07) is 10.5. The molecule has 4 heterocycles. The third kappa shape index (κ3) is 4.09. The molecule has 1 amide bonds. The largest absolute Gasteiger partial charge is 0.483 e. The Morgan fingerprint density at radius 2 is 1.89 bits per heavy atom. The molecular weight excluding hydrogens is 480 g/mol. The molecule has 0 saturated heterocycles. The summed E-state index contributed by atoms with van der Waals surface area (Å²) in [4.78, 5) is 33.8. The van der Waals surface area contributed by atoms with Gasteiger partial charge < -0.3 is 19.3 Å². The first-order valence-corrected chi connectivity index (χ1v) is 11.7. The zero-order valence-corrected chi connectivity index (χ0v) is 20.9. The van der Waals surface area contributed by atoms with Gasteiger partial charge in [0, 0.05) is 29.1 Å². The highest BCUT2D eigenvalue weighted by Crippen LogP contribution is 2.33. The van der Waals surface area contributed by atoms with E-state index >= 15 is 0 Å². The number of carbonyl (C=O) groups is 1. The van der Waals surface area contributed by atoms with E-state index in [1.807, 2.05) is 48.8 Å². The molecule has 0 saturated carbocycles. The summed E-state index contributed by atoms with van der Waals surface area (Å²) in [7, 11) is 0. The Morgan fingerprint density at radius 1 is 1.11 bits per heavy atom. The van der Waals surface area contributed by atoms with Gasteiger partial charge in [0.2, 0.25) is 0 Å². The van der Waals surface area contributed by atoms with Crippen LogP contribution in [-0.4, -0.2) is 20.3 Å². The van der Waals surface area contributed by atoms with Crippen molar-refractivity contribution >= 4 is 34.1 Å². The summed E-state index contributed by atoms with van der Waals surface area (Å²) in [5.41, 5.74) is 10.1. The first-order valence-electron chi connectivity index (χ1n) is 11.3. The smallest absolute Gasteiger partial charge is 0.271 e. The number of benzene rings is 1. The van der Waals surface area contributed by atoms with Crippen molar-refractivity contribution in [2.75, 3.05) is 0 Å². The van der Waals surface area contributed by atoms with Crippen LogP contribution in [0.3, 0.4) is 0 Å². The molecule has 36 heavy (non-hydrogen) atoms. The molecule has 8 nitrogen and oxygen atoms in total.